The van der Waals surface area contributed by atoms with Gasteiger partial charge in [-0.1, -0.05) is 36.4 Å². The molecule has 4 rings (SSSR count). The topological polar surface area (TPSA) is 49.6 Å². The molecule has 2 heterocycles. The first-order valence-electron chi connectivity index (χ1n) is 9.30. The van der Waals surface area contributed by atoms with Crippen molar-refractivity contribution in [3.63, 3.8) is 0 Å². The number of rotatable bonds is 7. The first-order valence-corrected chi connectivity index (χ1v) is 9.30. The normalized spacial score (nSPS) is 13.7. The first-order chi connectivity index (χ1) is 12.8. The second-order valence-corrected chi connectivity index (χ2v) is 6.86. The van der Waals surface area contributed by atoms with Crippen molar-refractivity contribution in [1.29, 1.82) is 0 Å². The minimum Gasteiger partial charge on any atom is -0.338 e. The van der Waals surface area contributed by atoms with Gasteiger partial charge in [0.2, 0.25) is 0 Å². The molecule has 0 bridgehead atoms. The summed E-state index contributed by atoms with van der Waals surface area (Å²) in [4.78, 5) is 19.1. The van der Waals surface area contributed by atoms with Crippen LogP contribution in [0.25, 0.3) is 5.65 Å². The van der Waals surface area contributed by atoms with Gasteiger partial charge in [0.1, 0.15) is 5.65 Å². The zero-order valence-corrected chi connectivity index (χ0v) is 14.8. The van der Waals surface area contributed by atoms with Crippen LogP contribution in [-0.2, 0) is 13.0 Å². The van der Waals surface area contributed by atoms with Gasteiger partial charge in [-0.15, -0.1) is 0 Å². The zero-order valence-electron chi connectivity index (χ0n) is 14.8. The van der Waals surface area contributed by atoms with Crippen molar-refractivity contribution < 1.29 is 4.79 Å². The summed E-state index contributed by atoms with van der Waals surface area (Å²) in [6.45, 7) is 1.30. The molecule has 0 aliphatic heterocycles. The minimum atomic E-state index is 0.0337. The highest BCUT2D eigenvalue weighted by molar-refractivity contribution is 5.74. The summed E-state index contributed by atoms with van der Waals surface area (Å²) in [7, 11) is 0. The van der Waals surface area contributed by atoms with Gasteiger partial charge in [0.15, 0.2) is 0 Å². The largest absolute Gasteiger partial charge is 0.338 e. The Labute approximate surface area is 153 Å². The van der Waals surface area contributed by atoms with Crippen LogP contribution >= 0.6 is 0 Å². The molecule has 1 N–H and O–H groups in total. The Balaban J connectivity index is 1.33. The van der Waals surface area contributed by atoms with Crippen molar-refractivity contribution in [2.24, 2.45) is 0 Å². The molecule has 0 spiro atoms. The number of aromatic nitrogens is 2. The lowest BCUT2D eigenvalue weighted by Gasteiger charge is -2.22. The number of fused-ring (bicyclic) bond motifs is 1. The molecule has 0 saturated heterocycles. The summed E-state index contributed by atoms with van der Waals surface area (Å²) in [6.07, 6.45) is 7.98. The molecule has 0 unspecified atom stereocenters. The quantitative estimate of drug-likeness (QED) is 0.663. The van der Waals surface area contributed by atoms with Gasteiger partial charge in [-0.3, -0.25) is 0 Å². The lowest BCUT2D eigenvalue weighted by atomic mass is 10.1. The number of benzene rings is 1. The number of aryl methyl sites for hydroxylation is 1. The van der Waals surface area contributed by atoms with Gasteiger partial charge >= 0.3 is 6.03 Å². The molecule has 26 heavy (non-hydrogen) atoms. The second-order valence-electron chi connectivity index (χ2n) is 6.86. The van der Waals surface area contributed by atoms with E-state index in [2.05, 4.69) is 39.0 Å². The lowest BCUT2D eigenvalue weighted by molar-refractivity contribution is 0.191. The minimum absolute atomic E-state index is 0.0337. The maximum atomic E-state index is 12.7. The molecule has 5 nitrogen and oxygen atoms in total. The van der Waals surface area contributed by atoms with Crippen LogP contribution < -0.4 is 5.32 Å². The fourth-order valence-electron chi connectivity index (χ4n) is 3.26. The number of hydrogen-bond acceptors (Lipinski definition) is 2. The number of carbonyl (C=O) groups excluding carboxylic acids is 1. The molecule has 1 fully saturated rings. The predicted molar refractivity (Wildman–Crippen MR) is 102 cm³/mol. The van der Waals surface area contributed by atoms with Gasteiger partial charge in [0.25, 0.3) is 0 Å². The molecule has 1 aromatic carbocycles. The van der Waals surface area contributed by atoms with Crippen molar-refractivity contribution >= 4 is 11.7 Å². The number of carbonyl (C=O) groups is 1. The molecule has 5 heteroatoms. The molecule has 2 amide bonds. The molecule has 0 atom stereocenters. The summed E-state index contributed by atoms with van der Waals surface area (Å²) in [5.41, 5.74) is 3.28. The van der Waals surface area contributed by atoms with Gasteiger partial charge in [-0.05, 0) is 43.4 Å². The highest BCUT2D eigenvalue weighted by atomic mass is 16.2. The number of pyridine rings is 1. The summed E-state index contributed by atoms with van der Waals surface area (Å²) in [6, 6.07) is 16.7. The second kappa shape index (κ2) is 7.60. The SMILES string of the molecule is O=C(NCCCc1ccccc1)N(Cc1cnc2ccccn12)C1CC1. The number of urea groups is 1. The van der Waals surface area contributed by atoms with Crippen LogP contribution in [0.15, 0.2) is 60.9 Å². The van der Waals surface area contributed by atoms with E-state index in [4.69, 9.17) is 0 Å². The highest BCUT2D eigenvalue weighted by Crippen LogP contribution is 2.28. The molecule has 0 radical (unpaired) electrons. The monoisotopic (exact) mass is 348 g/mol. The fraction of sp³-hybridized carbons (Fsp3) is 0.333. The number of imidazole rings is 1. The Kier molecular flexibility index (Phi) is 4.86. The molecule has 1 aliphatic rings. The van der Waals surface area contributed by atoms with E-state index >= 15 is 0 Å². The van der Waals surface area contributed by atoms with E-state index < -0.39 is 0 Å². The van der Waals surface area contributed by atoms with E-state index in [1.165, 1.54) is 5.56 Å². The van der Waals surface area contributed by atoms with Crippen LogP contribution in [0, 0.1) is 0 Å². The van der Waals surface area contributed by atoms with Gasteiger partial charge in [-0.2, -0.15) is 0 Å². The number of nitrogens with zero attached hydrogens (tertiary/aromatic N) is 3. The van der Waals surface area contributed by atoms with Crippen molar-refractivity contribution in [2.75, 3.05) is 6.54 Å². The standard InChI is InChI=1S/C21H24N4O/c26-21(22-13-6-9-17-7-2-1-3-8-17)25(18-11-12-18)16-19-15-23-20-10-4-5-14-24(19)20/h1-5,7-8,10,14-15,18H,6,9,11-13,16H2,(H,22,26). The average molecular weight is 348 g/mol. The van der Waals surface area contributed by atoms with Crippen LogP contribution in [0.1, 0.15) is 30.5 Å². The molecule has 1 saturated carbocycles. The highest BCUT2D eigenvalue weighted by Gasteiger charge is 2.33. The van der Waals surface area contributed by atoms with Crippen molar-refractivity contribution in [2.45, 2.75) is 38.3 Å². The summed E-state index contributed by atoms with van der Waals surface area (Å²) >= 11 is 0. The van der Waals surface area contributed by atoms with Gasteiger partial charge in [-0.25, -0.2) is 9.78 Å². The lowest BCUT2D eigenvalue weighted by Crippen LogP contribution is -2.41. The molecule has 2 aromatic heterocycles. The molecule has 134 valence electrons. The van der Waals surface area contributed by atoms with E-state index in [9.17, 15) is 4.79 Å². The Bertz CT molecular complexity index is 870. The Morgan fingerprint density at radius 1 is 1.15 bits per heavy atom. The molecular formula is C21H24N4O. The van der Waals surface area contributed by atoms with Gasteiger partial charge in [0, 0.05) is 18.8 Å². The van der Waals surface area contributed by atoms with Crippen molar-refractivity contribution in [1.82, 2.24) is 19.6 Å². The number of nitrogens with one attached hydrogen (secondary N) is 1. The van der Waals surface area contributed by atoms with E-state index in [1.807, 2.05) is 41.6 Å². The van der Waals surface area contributed by atoms with Gasteiger partial charge < -0.3 is 14.6 Å². The van der Waals surface area contributed by atoms with Crippen molar-refractivity contribution in [3.8, 4) is 0 Å². The van der Waals surface area contributed by atoms with E-state index in [0.717, 1.165) is 37.0 Å². The van der Waals surface area contributed by atoms with E-state index in [-0.39, 0.29) is 6.03 Å². The molecule has 1 aliphatic carbocycles. The maximum absolute atomic E-state index is 12.7. The third kappa shape index (κ3) is 3.87. The summed E-state index contributed by atoms with van der Waals surface area (Å²) in [5.74, 6) is 0. The Hall–Kier alpha value is -2.82. The van der Waals surface area contributed by atoms with Crippen LogP contribution in [0.4, 0.5) is 4.79 Å². The number of amides is 2. The van der Waals surface area contributed by atoms with Crippen LogP contribution in [-0.4, -0.2) is 32.9 Å². The average Bonchev–Trinajstić information content (AvgIpc) is 3.44. The summed E-state index contributed by atoms with van der Waals surface area (Å²) < 4.78 is 2.05. The van der Waals surface area contributed by atoms with Crippen LogP contribution in [0.3, 0.4) is 0 Å². The summed E-state index contributed by atoms with van der Waals surface area (Å²) in [5, 5.41) is 3.09. The predicted octanol–water partition coefficient (Wildman–Crippen LogP) is 3.64. The Morgan fingerprint density at radius 2 is 1.96 bits per heavy atom. The van der Waals surface area contributed by atoms with E-state index in [1.54, 1.807) is 0 Å². The number of hydrogen-bond donors (Lipinski definition) is 1. The maximum Gasteiger partial charge on any atom is 0.318 e. The van der Waals surface area contributed by atoms with Crippen LogP contribution in [0.2, 0.25) is 0 Å². The first kappa shape index (κ1) is 16.6. The zero-order chi connectivity index (χ0) is 17.8. The van der Waals surface area contributed by atoms with Gasteiger partial charge in [0.05, 0.1) is 18.4 Å². The third-order valence-electron chi connectivity index (χ3n) is 4.84. The van der Waals surface area contributed by atoms with Crippen LogP contribution in [0.5, 0.6) is 0 Å². The molecular weight excluding hydrogens is 324 g/mol. The third-order valence-corrected chi connectivity index (χ3v) is 4.84. The van der Waals surface area contributed by atoms with E-state index in [0.29, 0.717) is 19.1 Å². The fourth-order valence-corrected chi connectivity index (χ4v) is 3.26. The molecule has 3 aromatic rings. The Morgan fingerprint density at radius 3 is 2.77 bits per heavy atom. The van der Waals surface area contributed by atoms with Crippen molar-refractivity contribution in [3.05, 3.63) is 72.2 Å². The smallest absolute Gasteiger partial charge is 0.318 e.